The molecule has 1 unspecified atom stereocenters. The quantitative estimate of drug-likeness (QED) is 0.430. The molecule has 1 aromatic carbocycles. The van der Waals surface area contributed by atoms with E-state index >= 15 is 0 Å². The SMILES string of the molecule is CCNC(=NCC1(O)CCSC1)NCC1(c2ccc(OC)c(OC)c2)CCCCC1. The zero-order chi connectivity index (χ0) is 21.5. The van der Waals surface area contributed by atoms with Gasteiger partial charge >= 0.3 is 0 Å². The molecule has 7 heteroatoms. The molecular formula is C23H37N3O3S. The molecule has 0 bridgehead atoms. The van der Waals surface area contributed by atoms with Crippen molar-refractivity contribution in [2.24, 2.45) is 4.99 Å². The maximum absolute atomic E-state index is 10.7. The molecule has 1 atom stereocenters. The number of hydrogen-bond acceptors (Lipinski definition) is 5. The molecule has 3 rings (SSSR count). The number of nitrogens with zero attached hydrogens (tertiary/aromatic N) is 1. The van der Waals surface area contributed by atoms with Gasteiger partial charge in [-0.05, 0) is 49.6 Å². The summed E-state index contributed by atoms with van der Waals surface area (Å²) in [5.41, 5.74) is 0.654. The van der Waals surface area contributed by atoms with Crippen LogP contribution < -0.4 is 20.1 Å². The minimum Gasteiger partial charge on any atom is -0.493 e. The Balaban J connectivity index is 1.78. The van der Waals surface area contributed by atoms with E-state index in [-0.39, 0.29) is 5.41 Å². The number of methoxy groups -OCH3 is 2. The van der Waals surface area contributed by atoms with Gasteiger partial charge in [-0.3, -0.25) is 4.99 Å². The van der Waals surface area contributed by atoms with Crippen LogP contribution in [0.5, 0.6) is 11.5 Å². The first-order valence-corrected chi connectivity index (χ1v) is 12.2. The Morgan fingerprint density at radius 1 is 1.10 bits per heavy atom. The number of thioether (sulfide) groups is 1. The number of nitrogens with one attached hydrogen (secondary N) is 2. The van der Waals surface area contributed by atoms with Gasteiger partial charge in [0.2, 0.25) is 0 Å². The molecule has 1 heterocycles. The molecule has 0 radical (unpaired) electrons. The van der Waals surface area contributed by atoms with Crippen molar-refractivity contribution in [2.75, 3.05) is 45.4 Å². The Morgan fingerprint density at radius 2 is 1.87 bits per heavy atom. The van der Waals surface area contributed by atoms with Crippen LogP contribution in [0.3, 0.4) is 0 Å². The Bertz CT molecular complexity index is 714. The van der Waals surface area contributed by atoms with Crippen molar-refractivity contribution in [3.63, 3.8) is 0 Å². The lowest BCUT2D eigenvalue weighted by molar-refractivity contribution is 0.0778. The maximum atomic E-state index is 10.7. The first kappa shape index (κ1) is 23.1. The van der Waals surface area contributed by atoms with Crippen molar-refractivity contribution in [1.82, 2.24) is 10.6 Å². The van der Waals surface area contributed by atoms with E-state index in [0.29, 0.717) is 6.54 Å². The fraction of sp³-hybridized carbons (Fsp3) is 0.696. The van der Waals surface area contributed by atoms with Gasteiger partial charge in [-0.1, -0.05) is 25.3 Å². The fourth-order valence-electron chi connectivity index (χ4n) is 4.50. The van der Waals surface area contributed by atoms with Crippen LogP contribution in [0.25, 0.3) is 0 Å². The van der Waals surface area contributed by atoms with Crippen molar-refractivity contribution in [1.29, 1.82) is 0 Å². The van der Waals surface area contributed by atoms with Crippen LogP contribution >= 0.6 is 11.8 Å². The zero-order valence-corrected chi connectivity index (χ0v) is 19.4. The van der Waals surface area contributed by atoms with Crippen molar-refractivity contribution < 1.29 is 14.6 Å². The van der Waals surface area contributed by atoms with E-state index in [1.807, 2.05) is 6.07 Å². The number of benzene rings is 1. The van der Waals surface area contributed by atoms with Crippen LogP contribution in [-0.2, 0) is 5.41 Å². The first-order valence-electron chi connectivity index (χ1n) is 11.1. The Hall–Kier alpha value is -1.60. The van der Waals surface area contributed by atoms with Gasteiger partial charge in [-0.15, -0.1) is 0 Å². The normalized spacial score (nSPS) is 23.8. The molecule has 6 nitrogen and oxygen atoms in total. The molecule has 1 aliphatic heterocycles. The van der Waals surface area contributed by atoms with Gasteiger partial charge in [0.15, 0.2) is 17.5 Å². The largest absolute Gasteiger partial charge is 0.493 e. The van der Waals surface area contributed by atoms with Gasteiger partial charge in [-0.2, -0.15) is 11.8 Å². The van der Waals surface area contributed by atoms with Gasteiger partial charge in [0.1, 0.15) is 0 Å². The van der Waals surface area contributed by atoms with Crippen LogP contribution in [0.1, 0.15) is 51.0 Å². The van der Waals surface area contributed by atoms with Crippen LogP contribution in [0.15, 0.2) is 23.2 Å². The molecule has 3 N–H and O–H groups in total. The van der Waals surface area contributed by atoms with E-state index in [1.165, 1.54) is 24.8 Å². The summed E-state index contributed by atoms with van der Waals surface area (Å²) in [6.45, 7) is 4.12. The average Bonchev–Trinajstić information content (AvgIpc) is 3.22. The summed E-state index contributed by atoms with van der Waals surface area (Å²) in [5, 5.41) is 17.6. The molecule has 0 aromatic heterocycles. The lowest BCUT2D eigenvalue weighted by atomic mass is 9.69. The molecule has 1 aliphatic carbocycles. The van der Waals surface area contributed by atoms with Crippen molar-refractivity contribution >= 4 is 17.7 Å². The number of guanidine groups is 1. The first-order chi connectivity index (χ1) is 14.5. The number of rotatable bonds is 8. The zero-order valence-electron chi connectivity index (χ0n) is 18.6. The molecule has 0 spiro atoms. The average molecular weight is 436 g/mol. The van der Waals surface area contributed by atoms with E-state index < -0.39 is 5.60 Å². The molecule has 30 heavy (non-hydrogen) atoms. The summed E-state index contributed by atoms with van der Waals surface area (Å²) >= 11 is 1.80. The van der Waals surface area contributed by atoms with E-state index in [9.17, 15) is 5.11 Å². The summed E-state index contributed by atoms with van der Waals surface area (Å²) in [4.78, 5) is 4.72. The number of aliphatic hydroxyl groups is 1. The maximum Gasteiger partial charge on any atom is 0.191 e. The van der Waals surface area contributed by atoms with Crippen molar-refractivity contribution in [3.05, 3.63) is 23.8 Å². The third kappa shape index (κ3) is 5.55. The van der Waals surface area contributed by atoms with E-state index in [2.05, 4.69) is 29.7 Å². The molecule has 2 fully saturated rings. The highest BCUT2D eigenvalue weighted by molar-refractivity contribution is 7.99. The molecule has 168 valence electrons. The third-order valence-electron chi connectivity index (χ3n) is 6.36. The van der Waals surface area contributed by atoms with Crippen LogP contribution in [-0.4, -0.2) is 62.0 Å². The summed E-state index contributed by atoms with van der Waals surface area (Å²) in [6, 6.07) is 6.32. The van der Waals surface area contributed by atoms with Crippen LogP contribution in [0.2, 0.25) is 0 Å². The number of ether oxygens (including phenoxy) is 2. The fourth-order valence-corrected chi connectivity index (χ4v) is 5.79. The lowest BCUT2D eigenvalue weighted by Crippen LogP contribution is -2.47. The van der Waals surface area contributed by atoms with Crippen LogP contribution in [0.4, 0.5) is 0 Å². The van der Waals surface area contributed by atoms with E-state index in [0.717, 1.165) is 61.3 Å². The molecule has 1 saturated carbocycles. The molecule has 0 amide bonds. The molecule has 2 aliphatic rings. The standard InChI is InChI=1S/C23H37N3O3S/c1-4-24-21(26-16-23(27)12-13-30-17-23)25-15-22(10-6-5-7-11-22)18-8-9-19(28-2)20(14-18)29-3/h8-9,14,27H,4-7,10-13,15-17H2,1-3H3,(H2,24,25,26). The molecule has 1 saturated heterocycles. The van der Waals surface area contributed by atoms with Crippen molar-refractivity contribution in [2.45, 2.75) is 56.5 Å². The Labute approximate surface area is 185 Å². The second-order valence-corrected chi connectivity index (χ2v) is 9.59. The Morgan fingerprint density at radius 3 is 2.50 bits per heavy atom. The third-order valence-corrected chi connectivity index (χ3v) is 7.59. The summed E-state index contributed by atoms with van der Waals surface area (Å²) in [5.74, 6) is 4.11. The van der Waals surface area contributed by atoms with Gasteiger partial charge in [-0.25, -0.2) is 0 Å². The smallest absolute Gasteiger partial charge is 0.191 e. The minimum atomic E-state index is -0.668. The lowest BCUT2D eigenvalue weighted by Gasteiger charge is -2.38. The highest BCUT2D eigenvalue weighted by atomic mass is 32.2. The molecule has 1 aromatic rings. The Kier molecular flexibility index (Phi) is 8.17. The number of hydrogen-bond donors (Lipinski definition) is 3. The van der Waals surface area contributed by atoms with E-state index in [4.69, 9.17) is 14.5 Å². The predicted octanol–water partition coefficient (Wildman–Crippen LogP) is 3.33. The van der Waals surface area contributed by atoms with Crippen LogP contribution in [0, 0.1) is 0 Å². The highest BCUT2D eigenvalue weighted by Gasteiger charge is 2.35. The monoisotopic (exact) mass is 435 g/mol. The van der Waals surface area contributed by atoms with Gasteiger partial charge in [0.05, 0.1) is 26.4 Å². The highest BCUT2D eigenvalue weighted by Crippen LogP contribution is 2.42. The summed E-state index contributed by atoms with van der Waals surface area (Å²) in [6.07, 6.45) is 6.82. The molecular weight excluding hydrogens is 398 g/mol. The summed E-state index contributed by atoms with van der Waals surface area (Å²) in [7, 11) is 3.36. The van der Waals surface area contributed by atoms with E-state index in [1.54, 1.807) is 26.0 Å². The minimum absolute atomic E-state index is 0.0358. The summed E-state index contributed by atoms with van der Waals surface area (Å²) < 4.78 is 11.0. The van der Waals surface area contributed by atoms with Gasteiger partial charge < -0.3 is 25.2 Å². The van der Waals surface area contributed by atoms with Gasteiger partial charge in [0.25, 0.3) is 0 Å². The predicted molar refractivity (Wildman–Crippen MR) is 125 cm³/mol. The number of aliphatic imine (C=N–C) groups is 1. The van der Waals surface area contributed by atoms with Crippen molar-refractivity contribution in [3.8, 4) is 11.5 Å². The second-order valence-electron chi connectivity index (χ2n) is 8.49. The second kappa shape index (κ2) is 10.6. The topological polar surface area (TPSA) is 75.1 Å². The van der Waals surface area contributed by atoms with Gasteiger partial charge in [0, 0.05) is 24.3 Å².